The molecule has 0 spiro atoms. The molecule has 0 saturated heterocycles. The van der Waals surface area contributed by atoms with Crippen molar-refractivity contribution < 1.29 is 9.90 Å². The highest BCUT2D eigenvalue weighted by atomic mass is 35.5. The predicted octanol–water partition coefficient (Wildman–Crippen LogP) is 2.20. The maximum atomic E-state index is 12.0. The number of halogens is 1. The smallest absolute Gasteiger partial charge is 0.341 e. The topological polar surface area (TPSA) is 59.3 Å². The molecule has 1 heterocycles. The zero-order valence-electron chi connectivity index (χ0n) is 9.32. The van der Waals surface area contributed by atoms with Crippen LogP contribution in [0.1, 0.15) is 15.9 Å². The van der Waals surface area contributed by atoms with Gasteiger partial charge in [0.05, 0.1) is 5.52 Å². The van der Waals surface area contributed by atoms with Gasteiger partial charge in [0.25, 0.3) is 0 Å². The molecule has 1 N–H and O–H groups in total. The molecule has 2 aromatic rings. The number of fused-ring (bicyclic) bond motifs is 1. The Morgan fingerprint density at radius 1 is 1.41 bits per heavy atom. The lowest BCUT2D eigenvalue weighted by Gasteiger charge is -2.10. The third kappa shape index (κ3) is 1.80. The summed E-state index contributed by atoms with van der Waals surface area (Å²) in [6, 6.07) is 3.24. The molecule has 0 saturated carbocycles. The molecule has 0 fully saturated rings. The molecule has 0 aliphatic carbocycles. The van der Waals surface area contributed by atoms with E-state index < -0.39 is 11.4 Å². The lowest BCUT2D eigenvalue weighted by molar-refractivity contribution is 0.0695. The van der Waals surface area contributed by atoms with E-state index in [1.54, 1.807) is 17.7 Å². The van der Waals surface area contributed by atoms with Gasteiger partial charge in [-0.05, 0) is 24.6 Å². The van der Waals surface area contributed by atoms with Crippen LogP contribution in [0.5, 0.6) is 0 Å². The highest BCUT2D eigenvalue weighted by Gasteiger charge is 2.14. The average molecular weight is 252 g/mol. The Hall–Kier alpha value is -1.81. The number of carboxylic acid groups (broad SMARTS) is 1. The van der Waals surface area contributed by atoms with Crippen molar-refractivity contribution in [1.82, 2.24) is 4.57 Å². The molecule has 0 bridgehead atoms. The summed E-state index contributed by atoms with van der Waals surface area (Å²) in [7, 11) is 1.70. The zero-order chi connectivity index (χ0) is 12.7. The Balaban J connectivity index is 3.04. The Morgan fingerprint density at radius 2 is 2.06 bits per heavy atom. The molecule has 1 aromatic carbocycles. The van der Waals surface area contributed by atoms with Gasteiger partial charge < -0.3 is 9.67 Å². The fourth-order valence-corrected chi connectivity index (χ4v) is 2.26. The van der Waals surface area contributed by atoms with E-state index >= 15 is 0 Å². The molecular weight excluding hydrogens is 242 g/mol. The number of hydrogen-bond acceptors (Lipinski definition) is 2. The molecule has 1 aromatic heterocycles. The second-order valence-corrected chi connectivity index (χ2v) is 4.34. The van der Waals surface area contributed by atoms with E-state index in [4.69, 9.17) is 16.7 Å². The number of aromatic carboxylic acids is 1. The van der Waals surface area contributed by atoms with Crippen LogP contribution in [-0.4, -0.2) is 15.6 Å². The fourth-order valence-electron chi connectivity index (χ4n) is 1.99. The van der Waals surface area contributed by atoms with Crippen molar-refractivity contribution in [1.29, 1.82) is 0 Å². The predicted molar refractivity (Wildman–Crippen MR) is 65.9 cm³/mol. The lowest BCUT2D eigenvalue weighted by atomic mass is 10.1. The first-order chi connectivity index (χ1) is 7.91. The summed E-state index contributed by atoms with van der Waals surface area (Å²) < 4.78 is 1.63. The molecule has 0 unspecified atom stereocenters. The molecule has 0 aliphatic heterocycles. The molecule has 4 nitrogen and oxygen atoms in total. The van der Waals surface area contributed by atoms with Gasteiger partial charge in [0.15, 0.2) is 0 Å². The Labute approximate surface area is 102 Å². The normalized spacial score (nSPS) is 10.8. The monoisotopic (exact) mass is 251 g/mol. The Bertz CT molecular complexity index is 688. The van der Waals surface area contributed by atoms with Crippen LogP contribution in [0.25, 0.3) is 10.9 Å². The number of carboxylic acids is 1. The van der Waals surface area contributed by atoms with E-state index in [1.807, 2.05) is 6.92 Å². The van der Waals surface area contributed by atoms with Gasteiger partial charge in [-0.15, -0.1) is 0 Å². The minimum atomic E-state index is -1.23. The summed E-state index contributed by atoms with van der Waals surface area (Å²) in [5.41, 5.74) is 0.784. The number of rotatable bonds is 1. The van der Waals surface area contributed by atoms with Crippen molar-refractivity contribution >= 4 is 28.5 Å². The standard InChI is InChI=1S/C12H10ClNO3/c1-6-3-7(13)4-8-10(6)14(2)5-9(11(8)15)12(16)17/h3-5H,1-2H3,(H,16,17). The first-order valence-electron chi connectivity index (χ1n) is 4.94. The van der Waals surface area contributed by atoms with Gasteiger partial charge in [0.1, 0.15) is 5.56 Å². The summed E-state index contributed by atoms with van der Waals surface area (Å²) in [5, 5.41) is 9.70. The van der Waals surface area contributed by atoms with Gasteiger partial charge in [0, 0.05) is 23.7 Å². The van der Waals surface area contributed by atoms with E-state index in [9.17, 15) is 9.59 Å². The number of aryl methyl sites for hydroxylation is 2. The largest absolute Gasteiger partial charge is 0.477 e. The van der Waals surface area contributed by atoms with Crippen LogP contribution >= 0.6 is 11.6 Å². The second kappa shape index (κ2) is 3.89. The maximum absolute atomic E-state index is 12.0. The van der Waals surface area contributed by atoms with Crippen LogP contribution in [0.15, 0.2) is 23.1 Å². The average Bonchev–Trinajstić information content (AvgIpc) is 2.21. The zero-order valence-corrected chi connectivity index (χ0v) is 10.1. The van der Waals surface area contributed by atoms with Gasteiger partial charge in [-0.3, -0.25) is 4.79 Å². The molecule has 0 radical (unpaired) electrons. The highest BCUT2D eigenvalue weighted by molar-refractivity contribution is 6.31. The molecule has 0 aliphatic rings. The van der Waals surface area contributed by atoms with E-state index in [0.717, 1.165) is 5.56 Å². The molecular formula is C12H10ClNO3. The number of hydrogen-bond donors (Lipinski definition) is 1. The third-order valence-electron chi connectivity index (χ3n) is 2.66. The highest BCUT2D eigenvalue weighted by Crippen LogP contribution is 2.21. The van der Waals surface area contributed by atoms with Crippen LogP contribution in [-0.2, 0) is 7.05 Å². The minimum Gasteiger partial charge on any atom is -0.477 e. The van der Waals surface area contributed by atoms with E-state index in [-0.39, 0.29) is 5.56 Å². The first-order valence-corrected chi connectivity index (χ1v) is 5.32. The van der Waals surface area contributed by atoms with Crippen molar-refractivity contribution in [3.63, 3.8) is 0 Å². The third-order valence-corrected chi connectivity index (χ3v) is 2.88. The van der Waals surface area contributed by atoms with Crippen molar-refractivity contribution in [3.8, 4) is 0 Å². The van der Waals surface area contributed by atoms with Crippen molar-refractivity contribution in [2.75, 3.05) is 0 Å². The molecule has 17 heavy (non-hydrogen) atoms. The van der Waals surface area contributed by atoms with Crippen molar-refractivity contribution in [2.24, 2.45) is 7.05 Å². The quantitative estimate of drug-likeness (QED) is 0.845. The van der Waals surface area contributed by atoms with E-state index in [0.29, 0.717) is 15.9 Å². The number of benzene rings is 1. The number of aromatic nitrogens is 1. The molecule has 0 amide bonds. The summed E-state index contributed by atoms with van der Waals surface area (Å²) >= 11 is 5.88. The minimum absolute atomic E-state index is 0.248. The Morgan fingerprint density at radius 3 is 2.65 bits per heavy atom. The molecule has 88 valence electrons. The SMILES string of the molecule is Cc1cc(Cl)cc2c(=O)c(C(=O)O)cn(C)c12. The molecule has 0 atom stereocenters. The second-order valence-electron chi connectivity index (χ2n) is 3.91. The van der Waals surface area contributed by atoms with Crippen molar-refractivity contribution in [2.45, 2.75) is 6.92 Å². The van der Waals surface area contributed by atoms with E-state index in [2.05, 4.69) is 0 Å². The summed E-state index contributed by atoms with van der Waals surface area (Å²) in [4.78, 5) is 22.9. The number of nitrogens with zero attached hydrogens (tertiary/aromatic N) is 1. The lowest BCUT2D eigenvalue weighted by Crippen LogP contribution is -2.18. The number of carbonyl (C=O) groups is 1. The molecule has 2 rings (SSSR count). The van der Waals surface area contributed by atoms with Gasteiger partial charge in [0.2, 0.25) is 5.43 Å². The fraction of sp³-hybridized carbons (Fsp3) is 0.167. The maximum Gasteiger partial charge on any atom is 0.341 e. The van der Waals surface area contributed by atoms with Crippen LogP contribution in [0.4, 0.5) is 0 Å². The van der Waals surface area contributed by atoms with E-state index in [1.165, 1.54) is 12.3 Å². The van der Waals surface area contributed by atoms with Gasteiger partial charge in [-0.25, -0.2) is 4.79 Å². The number of pyridine rings is 1. The van der Waals surface area contributed by atoms with Crippen LogP contribution in [0, 0.1) is 6.92 Å². The van der Waals surface area contributed by atoms with Crippen LogP contribution in [0.2, 0.25) is 5.02 Å². The van der Waals surface area contributed by atoms with Gasteiger partial charge >= 0.3 is 5.97 Å². The summed E-state index contributed by atoms with van der Waals surface area (Å²) in [6.45, 7) is 1.83. The van der Waals surface area contributed by atoms with Gasteiger partial charge in [-0.1, -0.05) is 11.6 Å². The van der Waals surface area contributed by atoms with Gasteiger partial charge in [-0.2, -0.15) is 0 Å². The molecule has 5 heteroatoms. The van der Waals surface area contributed by atoms with Crippen molar-refractivity contribution in [3.05, 3.63) is 44.7 Å². The summed E-state index contributed by atoms with van der Waals surface area (Å²) in [5.74, 6) is -1.23. The Kier molecular flexibility index (Phi) is 2.67. The first kappa shape index (κ1) is 11.7. The summed E-state index contributed by atoms with van der Waals surface area (Å²) in [6.07, 6.45) is 1.33. The van der Waals surface area contributed by atoms with Crippen LogP contribution in [0.3, 0.4) is 0 Å². The van der Waals surface area contributed by atoms with Crippen LogP contribution < -0.4 is 5.43 Å².